The Hall–Kier alpha value is -1.32. The van der Waals surface area contributed by atoms with Gasteiger partial charge in [0, 0.05) is 11.1 Å². The van der Waals surface area contributed by atoms with E-state index in [2.05, 4.69) is 6.58 Å². The minimum absolute atomic E-state index is 0.452. The van der Waals surface area contributed by atoms with Crippen LogP contribution in [0.25, 0.3) is 5.76 Å². The van der Waals surface area contributed by atoms with Gasteiger partial charge in [-0.05, 0) is 0 Å². The number of hydrogen-bond acceptors (Lipinski definition) is 3. The molecule has 0 aliphatic heterocycles. The zero-order valence-corrected chi connectivity index (χ0v) is 7.40. The Balaban J connectivity index is 2.87. The van der Waals surface area contributed by atoms with Crippen molar-refractivity contribution < 1.29 is 14.9 Å². The molecular formula is C10H12O3. The summed E-state index contributed by atoms with van der Waals surface area (Å²) in [6.45, 7) is 3.67. The van der Waals surface area contributed by atoms with Gasteiger partial charge in [0.05, 0.1) is 7.11 Å². The number of aliphatic hydroxyl groups excluding tert-OH is 1. The fourth-order valence-electron chi connectivity index (χ4n) is 0.959. The summed E-state index contributed by atoms with van der Waals surface area (Å²) in [5.74, 6) is 0.555. The van der Waals surface area contributed by atoms with Gasteiger partial charge in [0.1, 0.15) is 5.76 Å². The molecule has 1 rings (SSSR count). The molecule has 1 aromatic rings. The highest BCUT2D eigenvalue weighted by Crippen LogP contribution is 2.16. The van der Waals surface area contributed by atoms with E-state index in [9.17, 15) is 0 Å². The summed E-state index contributed by atoms with van der Waals surface area (Å²) in [7, 11) is 1.54. The van der Waals surface area contributed by atoms with Crippen molar-refractivity contribution in [2.24, 2.45) is 0 Å². The Morgan fingerprint density at radius 3 is 2.23 bits per heavy atom. The molecule has 0 fully saturated rings. The van der Waals surface area contributed by atoms with Gasteiger partial charge < -0.3 is 14.9 Å². The van der Waals surface area contributed by atoms with Crippen LogP contribution in [0.5, 0.6) is 0 Å². The number of rotatable bonds is 3. The van der Waals surface area contributed by atoms with Crippen LogP contribution in [0, 0.1) is 0 Å². The van der Waals surface area contributed by atoms with E-state index in [0.29, 0.717) is 11.3 Å². The number of methoxy groups -OCH3 is 1. The first-order chi connectivity index (χ1) is 6.15. The number of aliphatic hydroxyl groups is 2. The largest absolute Gasteiger partial charge is 0.497 e. The molecule has 0 saturated carbocycles. The predicted molar refractivity (Wildman–Crippen MR) is 49.7 cm³/mol. The highest BCUT2D eigenvalue weighted by atomic mass is 16.5. The van der Waals surface area contributed by atoms with E-state index in [-0.39, 0.29) is 0 Å². The first-order valence-electron chi connectivity index (χ1n) is 3.84. The molecule has 0 saturated heterocycles. The summed E-state index contributed by atoms with van der Waals surface area (Å²) in [5, 5.41) is 17.6. The van der Waals surface area contributed by atoms with Crippen LogP contribution in [0.15, 0.2) is 30.8 Å². The SMILES string of the molecule is C=C(OC)c1ccc(C(O)O)cc1. The van der Waals surface area contributed by atoms with Crippen molar-refractivity contribution in [2.75, 3.05) is 7.11 Å². The molecule has 0 aromatic heterocycles. The molecule has 0 bridgehead atoms. The second-order valence-corrected chi connectivity index (χ2v) is 2.62. The molecule has 0 atom stereocenters. The Bertz CT molecular complexity index is 288. The normalized spacial score (nSPS) is 10.2. The molecule has 0 spiro atoms. The van der Waals surface area contributed by atoms with Crippen LogP contribution in [0.4, 0.5) is 0 Å². The monoisotopic (exact) mass is 180 g/mol. The first-order valence-corrected chi connectivity index (χ1v) is 3.84. The van der Waals surface area contributed by atoms with Crippen LogP contribution < -0.4 is 0 Å². The number of benzene rings is 1. The van der Waals surface area contributed by atoms with Crippen molar-refractivity contribution in [3.05, 3.63) is 42.0 Å². The predicted octanol–water partition coefficient (Wildman–Crippen LogP) is 1.29. The van der Waals surface area contributed by atoms with Crippen LogP contribution in [0.2, 0.25) is 0 Å². The van der Waals surface area contributed by atoms with E-state index < -0.39 is 6.29 Å². The van der Waals surface area contributed by atoms with Gasteiger partial charge in [0.25, 0.3) is 0 Å². The summed E-state index contributed by atoms with van der Waals surface area (Å²) in [6, 6.07) is 6.68. The van der Waals surface area contributed by atoms with Crippen molar-refractivity contribution in [1.82, 2.24) is 0 Å². The van der Waals surface area contributed by atoms with E-state index in [1.165, 1.54) is 7.11 Å². The average Bonchev–Trinajstić information content (AvgIpc) is 2.17. The molecule has 0 amide bonds. The average molecular weight is 180 g/mol. The summed E-state index contributed by atoms with van der Waals surface area (Å²) in [5.41, 5.74) is 1.28. The van der Waals surface area contributed by atoms with Crippen LogP contribution in [0.3, 0.4) is 0 Å². The number of hydrogen-bond donors (Lipinski definition) is 2. The first kappa shape index (κ1) is 9.77. The molecule has 0 aliphatic rings. The minimum atomic E-state index is -1.43. The second-order valence-electron chi connectivity index (χ2n) is 2.62. The molecule has 3 nitrogen and oxygen atoms in total. The summed E-state index contributed by atoms with van der Waals surface area (Å²) in [4.78, 5) is 0. The smallest absolute Gasteiger partial charge is 0.178 e. The van der Waals surface area contributed by atoms with Crippen molar-refractivity contribution in [1.29, 1.82) is 0 Å². The lowest BCUT2D eigenvalue weighted by molar-refractivity contribution is -0.0424. The molecular weight excluding hydrogens is 168 g/mol. The van der Waals surface area contributed by atoms with E-state index >= 15 is 0 Å². The van der Waals surface area contributed by atoms with Gasteiger partial charge in [-0.3, -0.25) is 0 Å². The lowest BCUT2D eigenvalue weighted by Crippen LogP contribution is -1.94. The zero-order chi connectivity index (χ0) is 9.84. The Labute approximate surface area is 76.9 Å². The van der Waals surface area contributed by atoms with Gasteiger partial charge >= 0.3 is 0 Å². The molecule has 0 unspecified atom stereocenters. The van der Waals surface area contributed by atoms with Gasteiger partial charge in [-0.15, -0.1) is 0 Å². The second kappa shape index (κ2) is 4.07. The molecule has 0 radical (unpaired) electrons. The Morgan fingerprint density at radius 2 is 1.85 bits per heavy atom. The molecule has 3 heteroatoms. The van der Waals surface area contributed by atoms with E-state index in [4.69, 9.17) is 14.9 Å². The van der Waals surface area contributed by atoms with Gasteiger partial charge in [-0.25, -0.2) is 0 Å². The van der Waals surface area contributed by atoms with Gasteiger partial charge in [0.15, 0.2) is 6.29 Å². The van der Waals surface area contributed by atoms with Crippen molar-refractivity contribution >= 4 is 5.76 Å². The summed E-state index contributed by atoms with van der Waals surface area (Å²) in [6.07, 6.45) is -1.43. The maximum Gasteiger partial charge on any atom is 0.178 e. The van der Waals surface area contributed by atoms with Crippen LogP contribution >= 0.6 is 0 Å². The quantitative estimate of drug-likeness (QED) is 0.544. The summed E-state index contributed by atoms with van der Waals surface area (Å²) < 4.78 is 4.92. The third-order valence-electron chi connectivity index (χ3n) is 1.78. The third-order valence-corrected chi connectivity index (χ3v) is 1.78. The Kier molecular flexibility index (Phi) is 3.06. The van der Waals surface area contributed by atoms with Gasteiger partial charge in [0.2, 0.25) is 0 Å². The van der Waals surface area contributed by atoms with Crippen LogP contribution in [-0.4, -0.2) is 17.3 Å². The molecule has 70 valence electrons. The molecule has 0 heterocycles. The molecule has 0 aliphatic carbocycles. The van der Waals surface area contributed by atoms with Gasteiger partial charge in [-0.1, -0.05) is 30.8 Å². The van der Waals surface area contributed by atoms with E-state index in [1.807, 2.05) is 0 Å². The van der Waals surface area contributed by atoms with Crippen molar-refractivity contribution in [3.63, 3.8) is 0 Å². The fourth-order valence-corrected chi connectivity index (χ4v) is 0.959. The lowest BCUT2D eigenvalue weighted by Gasteiger charge is -2.06. The summed E-state index contributed by atoms with van der Waals surface area (Å²) >= 11 is 0. The van der Waals surface area contributed by atoms with Crippen molar-refractivity contribution in [2.45, 2.75) is 6.29 Å². The highest BCUT2D eigenvalue weighted by Gasteiger charge is 2.02. The highest BCUT2D eigenvalue weighted by molar-refractivity contribution is 5.57. The number of ether oxygens (including phenoxy) is 1. The van der Waals surface area contributed by atoms with Crippen molar-refractivity contribution in [3.8, 4) is 0 Å². The maximum atomic E-state index is 8.81. The van der Waals surface area contributed by atoms with Gasteiger partial charge in [-0.2, -0.15) is 0 Å². The zero-order valence-electron chi connectivity index (χ0n) is 7.40. The Morgan fingerprint density at radius 1 is 1.31 bits per heavy atom. The van der Waals surface area contributed by atoms with E-state index in [1.54, 1.807) is 24.3 Å². The van der Waals surface area contributed by atoms with Crippen LogP contribution in [-0.2, 0) is 4.74 Å². The standard InChI is InChI=1S/C10H12O3/c1-7(13-2)8-3-5-9(6-4-8)10(11)12/h3-6,10-12H,1H2,2H3. The van der Waals surface area contributed by atoms with Crippen LogP contribution in [0.1, 0.15) is 17.4 Å². The third kappa shape index (κ3) is 2.31. The molecule has 2 N–H and O–H groups in total. The lowest BCUT2D eigenvalue weighted by atomic mass is 10.1. The molecule has 13 heavy (non-hydrogen) atoms. The van der Waals surface area contributed by atoms with E-state index in [0.717, 1.165) is 5.56 Å². The minimum Gasteiger partial charge on any atom is -0.497 e. The maximum absolute atomic E-state index is 8.81. The molecule has 1 aromatic carbocycles. The fraction of sp³-hybridized carbons (Fsp3) is 0.200. The topological polar surface area (TPSA) is 49.7 Å².